The van der Waals surface area contributed by atoms with Crippen LogP contribution in [0.5, 0.6) is 11.5 Å². The first-order valence-electron chi connectivity index (χ1n) is 11.2. The molecule has 1 N–H and O–H groups in total. The Balaban J connectivity index is 1.67. The highest BCUT2D eigenvalue weighted by Gasteiger charge is 2.34. The Morgan fingerprint density at radius 2 is 1.83 bits per heavy atom. The van der Waals surface area contributed by atoms with E-state index >= 15 is 0 Å². The number of methoxy groups -OCH3 is 2. The lowest BCUT2D eigenvalue weighted by Gasteiger charge is -2.48. The molecule has 1 aromatic rings. The van der Waals surface area contributed by atoms with E-state index in [0.717, 1.165) is 43.9 Å². The second kappa shape index (κ2) is 11.0. The highest BCUT2D eigenvalue weighted by atomic mass is 35.5. The molecule has 2 fully saturated rings. The van der Waals surface area contributed by atoms with Gasteiger partial charge in [-0.2, -0.15) is 0 Å². The van der Waals surface area contributed by atoms with E-state index in [2.05, 4.69) is 28.5 Å². The zero-order chi connectivity index (χ0) is 21.7. The van der Waals surface area contributed by atoms with Gasteiger partial charge in [0, 0.05) is 67.6 Å². The number of benzene rings is 1. The first-order valence-corrected chi connectivity index (χ1v) is 11.6. The molecule has 1 aromatic carbocycles. The number of hydrogen-bond donors (Lipinski definition) is 1. The first kappa shape index (κ1) is 23.6. The maximum Gasteiger partial charge on any atom is 0.165 e. The van der Waals surface area contributed by atoms with Gasteiger partial charge in [0.15, 0.2) is 11.5 Å². The summed E-state index contributed by atoms with van der Waals surface area (Å²) >= 11 is 6.31. The number of aliphatic hydroxyl groups is 1. The Morgan fingerprint density at radius 3 is 2.43 bits per heavy atom. The molecule has 0 aliphatic carbocycles. The van der Waals surface area contributed by atoms with Crippen LogP contribution in [0.1, 0.15) is 38.7 Å². The summed E-state index contributed by atoms with van der Waals surface area (Å²) < 4.78 is 11.1. The Morgan fingerprint density at radius 1 is 1.10 bits per heavy atom. The monoisotopic (exact) mass is 439 g/mol. The lowest BCUT2D eigenvalue weighted by molar-refractivity contribution is -0.000208. The fourth-order valence-corrected chi connectivity index (χ4v) is 5.29. The van der Waals surface area contributed by atoms with Crippen molar-refractivity contribution in [2.45, 2.75) is 57.8 Å². The molecule has 0 amide bonds. The summed E-state index contributed by atoms with van der Waals surface area (Å²) in [6, 6.07) is 5.39. The summed E-state index contributed by atoms with van der Waals surface area (Å²) in [5.41, 5.74) is 1.04. The van der Waals surface area contributed by atoms with Crippen molar-refractivity contribution in [1.82, 2.24) is 14.7 Å². The van der Waals surface area contributed by atoms with Gasteiger partial charge in [-0.25, -0.2) is 0 Å². The molecule has 1 atom stereocenters. The third-order valence-electron chi connectivity index (χ3n) is 6.69. The van der Waals surface area contributed by atoms with Gasteiger partial charge in [0.2, 0.25) is 0 Å². The summed E-state index contributed by atoms with van der Waals surface area (Å²) in [5, 5.41) is 10.4. The van der Waals surface area contributed by atoms with E-state index in [-0.39, 0.29) is 6.61 Å². The largest absolute Gasteiger partial charge is 0.493 e. The predicted octanol–water partition coefficient (Wildman–Crippen LogP) is 3.10. The molecule has 3 rings (SSSR count). The van der Waals surface area contributed by atoms with Crippen LogP contribution in [0.2, 0.25) is 5.02 Å². The molecule has 0 saturated carbocycles. The summed E-state index contributed by atoms with van der Waals surface area (Å²) in [6.45, 7) is 10.9. The molecule has 2 aliphatic rings. The summed E-state index contributed by atoms with van der Waals surface area (Å²) in [5.74, 6) is 1.42. The molecule has 1 unspecified atom stereocenters. The van der Waals surface area contributed by atoms with E-state index < -0.39 is 0 Å². The van der Waals surface area contributed by atoms with Gasteiger partial charge in [-0.1, -0.05) is 11.6 Å². The van der Waals surface area contributed by atoms with Gasteiger partial charge >= 0.3 is 0 Å². The Hall–Kier alpha value is -1.05. The minimum Gasteiger partial charge on any atom is -0.493 e. The van der Waals surface area contributed by atoms with Crippen molar-refractivity contribution in [1.29, 1.82) is 0 Å². The quantitative estimate of drug-likeness (QED) is 0.671. The fraction of sp³-hybridized carbons (Fsp3) is 0.739. The zero-order valence-corrected chi connectivity index (χ0v) is 19.7. The minimum absolute atomic E-state index is 0.230. The van der Waals surface area contributed by atoms with Crippen LogP contribution in [-0.2, 0) is 6.54 Å². The van der Waals surface area contributed by atoms with E-state index in [4.69, 9.17) is 21.1 Å². The summed E-state index contributed by atoms with van der Waals surface area (Å²) in [6.07, 6.45) is 3.26. The average Bonchev–Trinajstić information content (AvgIpc) is 2.74. The van der Waals surface area contributed by atoms with E-state index in [1.54, 1.807) is 20.3 Å². The Bertz CT molecular complexity index is 680. The van der Waals surface area contributed by atoms with Crippen LogP contribution in [0.15, 0.2) is 12.1 Å². The maximum atomic E-state index is 9.70. The number of aliphatic hydroxyl groups excluding tert-OH is 1. The highest BCUT2D eigenvalue weighted by molar-refractivity contribution is 6.30. The molecule has 0 spiro atoms. The lowest BCUT2D eigenvalue weighted by atomic mass is 9.97. The third kappa shape index (κ3) is 5.60. The van der Waals surface area contributed by atoms with Gasteiger partial charge in [-0.05, 0) is 52.3 Å². The number of likely N-dealkylation sites (tertiary alicyclic amines) is 1. The van der Waals surface area contributed by atoms with Crippen LogP contribution in [0.4, 0.5) is 0 Å². The number of hydrogen-bond acceptors (Lipinski definition) is 6. The van der Waals surface area contributed by atoms with Gasteiger partial charge in [-0.15, -0.1) is 0 Å². The molecule has 2 saturated heterocycles. The molecule has 2 aliphatic heterocycles. The van der Waals surface area contributed by atoms with Gasteiger partial charge in [0.05, 0.1) is 14.2 Å². The highest BCUT2D eigenvalue weighted by Crippen LogP contribution is 2.35. The number of piperazine rings is 1. The van der Waals surface area contributed by atoms with Crippen molar-refractivity contribution in [3.8, 4) is 11.5 Å². The molecule has 6 nitrogen and oxygen atoms in total. The van der Waals surface area contributed by atoms with Crippen LogP contribution < -0.4 is 9.47 Å². The molecule has 2 heterocycles. The maximum absolute atomic E-state index is 9.70. The zero-order valence-electron chi connectivity index (χ0n) is 18.9. The minimum atomic E-state index is 0.230. The molecular weight excluding hydrogens is 402 g/mol. The molecule has 7 heteroatoms. The van der Waals surface area contributed by atoms with Gasteiger partial charge in [-0.3, -0.25) is 9.80 Å². The summed E-state index contributed by atoms with van der Waals surface area (Å²) in [4.78, 5) is 7.69. The second-order valence-corrected chi connectivity index (χ2v) is 9.24. The molecule has 0 bridgehead atoms. The van der Waals surface area contributed by atoms with E-state index in [1.165, 1.54) is 25.9 Å². The fourth-order valence-electron chi connectivity index (χ4n) is 5.06. The molecule has 0 aromatic heterocycles. The van der Waals surface area contributed by atoms with Gasteiger partial charge < -0.3 is 19.5 Å². The van der Waals surface area contributed by atoms with Crippen LogP contribution in [0.3, 0.4) is 0 Å². The van der Waals surface area contributed by atoms with Crippen molar-refractivity contribution >= 4 is 11.6 Å². The van der Waals surface area contributed by atoms with Crippen molar-refractivity contribution in [3.63, 3.8) is 0 Å². The normalized spacial score (nSPS) is 22.6. The lowest BCUT2D eigenvalue weighted by Crippen LogP contribution is -2.58. The second-order valence-electron chi connectivity index (χ2n) is 8.80. The SMILES string of the molecule is COc1cc(Cl)cc(CN2CCN(C3CCN(C(C)C)CC3)C(CCO)C2)c1OC. The number of rotatable bonds is 8. The molecule has 0 radical (unpaired) electrons. The molecular formula is C23H38ClN3O3. The van der Waals surface area contributed by atoms with Gasteiger partial charge in [0.1, 0.15) is 0 Å². The van der Waals surface area contributed by atoms with Crippen LogP contribution >= 0.6 is 11.6 Å². The van der Waals surface area contributed by atoms with E-state index in [0.29, 0.717) is 28.9 Å². The van der Waals surface area contributed by atoms with Crippen molar-refractivity contribution < 1.29 is 14.6 Å². The standard InChI is InChI=1S/C23H38ClN3O3/c1-17(2)26-8-5-20(6-9-26)27-11-10-25(16-21(27)7-12-28)15-18-13-19(24)14-22(29-3)23(18)30-4/h13-14,17,20-21,28H,5-12,15-16H2,1-4H3. The van der Waals surface area contributed by atoms with E-state index in [1.807, 2.05) is 6.07 Å². The van der Waals surface area contributed by atoms with Crippen LogP contribution in [-0.4, -0.2) is 91.5 Å². The Labute approximate surface area is 186 Å². The van der Waals surface area contributed by atoms with Gasteiger partial charge in [0.25, 0.3) is 0 Å². The van der Waals surface area contributed by atoms with Crippen molar-refractivity contribution in [3.05, 3.63) is 22.7 Å². The number of nitrogens with zero attached hydrogens (tertiary/aromatic N) is 3. The average molecular weight is 440 g/mol. The molecule has 30 heavy (non-hydrogen) atoms. The predicted molar refractivity (Wildman–Crippen MR) is 122 cm³/mol. The van der Waals surface area contributed by atoms with Crippen molar-refractivity contribution in [2.75, 3.05) is 53.6 Å². The smallest absolute Gasteiger partial charge is 0.165 e. The topological polar surface area (TPSA) is 48.4 Å². The number of piperidine rings is 1. The summed E-state index contributed by atoms with van der Waals surface area (Å²) in [7, 11) is 3.31. The Kier molecular flexibility index (Phi) is 8.66. The van der Waals surface area contributed by atoms with Crippen LogP contribution in [0, 0.1) is 0 Å². The van der Waals surface area contributed by atoms with E-state index in [9.17, 15) is 5.11 Å². The van der Waals surface area contributed by atoms with Crippen molar-refractivity contribution in [2.24, 2.45) is 0 Å². The van der Waals surface area contributed by atoms with Crippen LogP contribution in [0.25, 0.3) is 0 Å². The number of halogens is 1. The molecule has 170 valence electrons. The first-order chi connectivity index (χ1) is 14.5. The third-order valence-corrected chi connectivity index (χ3v) is 6.91. The number of ether oxygens (including phenoxy) is 2.